The van der Waals surface area contributed by atoms with Crippen LogP contribution in [0.2, 0.25) is 0 Å². The van der Waals surface area contributed by atoms with E-state index in [1.54, 1.807) is 17.8 Å². The number of hydrogen-bond donors (Lipinski definition) is 0. The Kier molecular flexibility index (Phi) is 4.85. The van der Waals surface area contributed by atoms with Crippen molar-refractivity contribution in [3.63, 3.8) is 0 Å². The highest BCUT2D eigenvalue weighted by Gasteiger charge is 2.28. The molecular formula is C13H19F2N5O2S. The number of halogens is 2. The molecule has 0 aliphatic heterocycles. The Labute approximate surface area is 133 Å². The summed E-state index contributed by atoms with van der Waals surface area (Å²) >= 11 is 0. The van der Waals surface area contributed by atoms with E-state index in [9.17, 15) is 17.2 Å². The highest BCUT2D eigenvalue weighted by molar-refractivity contribution is 7.89. The summed E-state index contributed by atoms with van der Waals surface area (Å²) < 4.78 is 53.9. The normalized spacial score (nSPS) is 12.5. The molecule has 0 aromatic carbocycles. The molecule has 10 heteroatoms. The fourth-order valence-corrected chi connectivity index (χ4v) is 3.52. The number of aryl methyl sites for hydroxylation is 2. The lowest BCUT2D eigenvalue weighted by Crippen LogP contribution is -2.27. The molecule has 0 spiro atoms. The van der Waals surface area contributed by atoms with E-state index in [0.29, 0.717) is 11.2 Å². The lowest BCUT2D eigenvalue weighted by molar-refractivity contribution is 0.0541. The number of nitrogens with zero attached hydrogens (tertiary/aromatic N) is 5. The number of alkyl halides is 2. The largest absolute Gasteiger partial charge is 0.333 e. The number of sulfonamides is 1. The predicted octanol–water partition coefficient (Wildman–Crippen LogP) is 1.93. The zero-order valence-corrected chi connectivity index (χ0v) is 14.2. The van der Waals surface area contributed by atoms with Crippen LogP contribution in [-0.2, 0) is 23.1 Å². The zero-order valence-electron chi connectivity index (χ0n) is 13.4. The number of rotatable bonds is 6. The van der Waals surface area contributed by atoms with Crippen molar-refractivity contribution in [2.75, 3.05) is 7.05 Å². The second kappa shape index (κ2) is 6.36. The maximum Gasteiger partial charge on any atom is 0.333 e. The maximum absolute atomic E-state index is 12.8. The molecule has 0 N–H and O–H groups in total. The quantitative estimate of drug-likeness (QED) is 0.800. The van der Waals surface area contributed by atoms with Crippen LogP contribution in [0.15, 0.2) is 17.3 Å². The van der Waals surface area contributed by atoms with Crippen molar-refractivity contribution in [1.82, 2.24) is 23.9 Å². The lowest BCUT2D eigenvalue weighted by Gasteiger charge is -2.16. The highest BCUT2D eigenvalue weighted by atomic mass is 32.2. The van der Waals surface area contributed by atoms with Crippen molar-refractivity contribution >= 4 is 10.0 Å². The summed E-state index contributed by atoms with van der Waals surface area (Å²) in [5.74, 6) is 0. The molecule has 23 heavy (non-hydrogen) atoms. The van der Waals surface area contributed by atoms with Crippen molar-refractivity contribution in [3.05, 3.63) is 29.3 Å². The van der Waals surface area contributed by atoms with Gasteiger partial charge in [-0.05, 0) is 20.8 Å². The van der Waals surface area contributed by atoms with Gasteiger partial charge in [0.05, 0.1) is 17.6 Å². The Morgan fingerprint density at radius 3 is 2.48 bits per heavy atom. The van der Waals surface area contributed by atoms with Crippen LogP contribution in [0.4, 0.5) is 8.78 Å². The van der Waals surface area contributed by atoms with Gasteiger partial charge in [-0.2, -0.15) is 23.3 Å². The van der Waals surface area contributed by atoms with Crippen molar-refractivity contribution in [2.45, 2.75) is 45.3 Å². The summed E-state index contributed by atoms with van der Waals surface area (Å²) in [6.07, 6.45) is 2.73. The van der Waals surface area contributed by atoms with Gasteiger partial charge in [0.2, 0.25) is 10.0 Å². The van der Waals surface area contributed by atoms with Crippen molar-refractivity contribution < 1.29 is 17.2 Å². The zero-order chi connectivity index (χ0) is 17.4. The van der Waals surface area contributed by atoms with Crippen LogP contribution < -0.4 is 0 Å². The molecule has 2 heterocycles. The van der Waals surface area contributed by atoms with Crippen LogP contribution in [0.25, 0.3) is 0 Å². The van der Waals surface area contributed by atoms with Crippen LogP contribution in [0.3, 0.4) is 0 Å². The molecule has 0 aliphatic rings. The van der Waals surface area contributed by atoms with Gasteiger partial charge in [0.25, 0.3) is 0 Å². The molecule has 2 aromatic rings. The molecule has 0 fully saturated rings. The Hall–Kier alpha value is -1.81. The van der Waals surface area contributed by atoms with E-state index in [2.05, 4.69) is 10.2 Å². The molecule has 0 aliphatic carbocycles. The summed E-state index contributed by atoms with van der Waals surface area (Å²) in [6, 6.07) is 0. The SMILES string of the molecule is CCn1cc(CN(C)S(=O)(=O)c2cnn(C(F)F)c2C)c(C)n1. The number of aromatic nitrogens is 4. The van der Waals surface area contributed by atoms with E-state index >= 15 is 0 Å². The first-order valence-electron chi connectivity index (χ1n) is 7.00. The van der Waals surface area contributed by atoms with Gasteiger partial charge >= 0.3 is 6.55 Å². The van der Waals surface area contributed by atoms with Crippen molar-refractivity contribution in [3.8, 4) is 0 Å². The third-order valence-electron chi connectivity index (χ3n) is 3.64. The Morgan fingerprint density at radius 1 is 1.35 bits per heavy atom. The minimum atomic E-state index is -3.92. The first kappa shape index (κ1) is 17.5. The van der Waals surface area contributed by atoms with E-state index in [-0.39, 0.29) is 17.1 Å². The maximum atomic E-state index is 12.8. The summed E-state index contributed by atoms with van der Waals surface area (Å²) in [6.45, 7) is 2.93. The lowest BCUT2D eigenvalue weighted by atomic mass is 10.3. The first-order chi connectivity index (χ1) is 10.7. The monoisotopic (exact) mass is 347 g/mol. The van der Waals surface area contributed by atoms with Gasteiger partial charge < -0.3 is 0 Å². The molecule has 0 atom stereocenters. The average Bonchev–Trinajstić information content (AvgIpc) is 3.02. The smallest absolute Gasteiger partial charge is 0.272 e. The minimum Gasteiger partial charge on any atom is -0.272 e. The summed E-state index contributed by atoms with van der Waals surface area (Å²) in [7, 11) is -2.52. The second-order valence-corrected chi connectivity index (χ2v) is 7.19. The molecule has 2 aromatic heterocycles. The molecule has 0 bridgehead atoms. The highest BCUT2D eigenvalue weighted by Crippen LogP contribution is 2.23. The van der Waals surface area contributed by atoms with Gasteiger partial charge in [0.15, 0.2) is 0 Å². The molecule has 0 saturated heterocycles. The Morgan fingerprint density at radius 2 is 2.00 bits per heavy atom. The van der Waals surface area contributed by atoms with E-state index in [1.807, 2.05) is 6.92 Å². The van der Waals surface area contributed by atoms with Gasteiger partial charge in [-0.1, -0.05) is 0 Å². The topological polar surface area (TPSA) is 73.0 Å². The Bertz CT molecular complexity index is 797. The van der Waals surface area contributed by atoms with E-state index in [0.717, 1.165) is 21.8 Å². The van der Waals surface area contributed by atoms with Crippen LogP contribution in [0.1, 0.15) is 30.4 Å². The number of hydrogen-bond acceptors (Lipinski definition) is 4. The summed E-state index contributed by atoms with van der Waals surface area (Å²) in [5, 5.41) is 7.71. The Balaban J connectivity index is 2.30. The third-order valence-corrected chi connectivity index (χ3v) is 5.54. The van der Waals surface area contributed by atoms with Gasteiger partial charge in [0, 0.05) is 31.9 Å². The van der Waals surface area contributed by atoms with Crippen LogP contribution in [0.5, 0.6) is 0 Å². The second-order valence-electron chi connectivity index (χ2n) is 5.17. The molecule has 0 unspecified atom stereocenters. The molecule has 0 saturated carbocycles. The van der Waals surface area contributed by atoms with Gasteiger partial charge in [-0.25, -0.2) is 13.1 Å². The molecule has 0 amide bonds. The van der Waals surface area contributed by atoms with E-state index in [1.165, 1.54) is 14.0 Å². The standard InChI is InChI=1S/C13H19F2N5O2S/c1-5-19-8-11(9(2)17-19)7-18(4)23(21,22)12-6-16-20(10(12)3)13(14)15/h6,8,13H,5,7H2,1-4H3. The van der Waals surface area contributed by atoms with Crippen molar-refractivity contribution in [1.29, 1.82) is 0 Å². The van der Waals surface area contributed by atoms with Gasteiger partial charge in [-0.3, -0.25) is 4.68 Å². The van der Waals surface area contributed by atoms with Gasteiger partial charge in [0.1, 0.15) is 4.90 Å². The van der Waals surface area contributed by atoms with Gasteiger partial charge in [-0.15, -0.1) is 0 Å². The van der Waals surface area contributed by atoms with Crippen LogP contribution >= 0.6 is 0 Å². The predicted molar refractivity (Wildman–Crippen MR) is 79.5 cm³/mol. The van der Waals surface area contributed by atoms with Crippen LogP contribution in [-0.4, -0.2) is 39.3 Å². The first-order valence-corrected chi connectivity index (χ1v) is 8.44. The average molecular weight is 347 g/mol. The molecular weight excluding hydrogens is 328 g/mol. The fraction of sp³-hybridized carbons (Fsp3) is 0.538. The fourth-order valence-electron chi connectivity index (χ4n) is 2.23. The molecule has 2 rings (SSSR count). The van der Waals surface area contributed by atoms with Crippen molar-refractivity contribution in [2.24, 2.45) is 0 Å². The molecule has 7 nitrogen and oxygen atoms in total. The minimum absolute atomic E-state index is 0.0900. The molecule has 128 valence electrons. The summed E-state index contributed by atoms with van der Waals surface area (Å²) in [4.78, 5) is -0.221. The third kappa shape index (κ3) is 3.27. The summed E-state index contributed by atoms with van der Waals surface area (Å²) in [5.41, 5.74) is 1.40. The van der Waals surface area contributed by atoms with E-state index in [4.69, 9.17) is 0 Å². The van der Waals surface area contributed by atoms with Crippen LogP contribution in [0, 0.1) is 13.8 Å². The molecule has 0 radical (unpaired) electrons. The van der Waals surface area contributed by atoms with E-state index < -0.39 is 16.6 Å².